The van der Waals surface area contributed by atoms with Crippen molar-refractivity contribution < 1.29 is 4.79 Å². The second kappa shape index (κ2) is 5.12. The van der Waals surface area contributed by atoms with Crippen LogP contribution in [0.25, 0.3) is 0 Å². The Labute approximate surface area is 96.5 Å². The van der Waals surface area contributed by atoms with Gasteiger partial charge in [0.1, 0.15) is 0 Å². The highest BCUT2D eigenvalue weighted by Gasteiger charge is 2.20. The number of likely N-dealkylation sites (tertiary alicyclic amines) is 1. The van der Waals surface area contributed by atoms with E-state index in [4.69, 9.17) is 0 Å². The highest BCUT2D eigenvalue weighted by atomic mass is 16.2. The molecule has 1 N–H and O–H groups in total. The van der Waals surface area contributed by atoms with Crippen molar-refractivity contribution in [3.05, 3.63) is 35.4 Å². The second-order valence-corrected chi connectivity index (χ2v) is 4.19. The van der Waals surface area contributed by atoms with E-state index < -0.39 is 0 Å². The molecule has 3 heteroatoms. The molecule has 1 aliphatic heterocycles. The summed E-state index contributed by atoms with van der Waals surface area (Å²) in [6, 6.07) is 7.85. The van der Waals surface area contributed by atoms with Crippen LogP contribution in [0.2, 0.25) is 0 Å². The van der Waals surface area contributed by atoms with E-state index in [0.29, 0.717) is 0 Å². The van der Waals surface area contributed by atoms with Gasteiger partial charge in [0.2, 0.25) is 0 Å². The van der Waals surface area contributed by atoms with Gasteiger partial charge in [-0.05, 0) is 31.5 Å². The molecule has 0 spiro atoms. The number of amides is 1. The summed E-state index contributed by atoms with van der Waals surface area (Å²) >= 11 is 0. The largest absolute Gasteiger partial charge is 0.339 e. The Bertz CT molecular complexity index is 370. The molecule has 1 saturated heterocycles. The molecule has 0 bridgehead atoms. The minimum atomic E-state index is 0.184. The number of nitrogens with one attached hydrogen (secondary N) is 1. The Morgan fingerprint density at radius 3 is 2.69 bits per heavy atom. The Morgan fingerprint density at radius 1 is 1.31 bits per heavy atom. The Kier molecular flexibility index (Phi) is 3.57. The zero-order valence-corrected chi connectivity index (χ0v) is 9.70. The van der Waals surface area contributed by atoms with Crippen molar-refractivity contribution in [3.8, 4) is 0 Å². The molecule has 0 unspecified atom stereocenters. The summed E-state index contributed by atoms with van der Waals surface area (Å²) in [6.07, 6.45) is 2.28. The molecule has 1 aliphatic rings. The molecule has 0 radical (unpaired) electrons. The molecule has 1 heterocycles. The third-order valence-corrected chi connectivity index (χ3v) is 3.01. The highest BCUT2D eigenvalue weighted by molar-refractivity contribution is 5.95. The summed E-state index contributed by atoms with van der Waals surface area (Å²) < 4.78 is 0. The monoisotopic (exact) mass is 218 g/mol. The van der Waals surface area contributed by atoms with E-state index in [-0.39, 0.29) is 5.91 Å². The fourth-order valence-corrected chi connectivity index (χ4v) is 2.16. The lowest BCUT2D eigenvalue weighted by molar-refractivity contribution is 0.0791. The van der Waals surface area contributed by atoms with Crippen LogP contribution in [0.4, 0.5) is 0 Å². The third kappa shape index (κ3) is 2.25. The summed E-state index contributed by atoms with van der Waals surface area (Å²) in [5.74, 6) is 0.184. The summed E-state index contributed by atoms with van der Waals surface area (Å²) in [4.78, 5) is 14.2. The van der Waals surface area contributed by atoms with Crippen molar-refractivity contribution in [2.45, 2.75) is 19.4 Å². The number of hydrogen-bond donors (Lipinski definition) is 1. The summed E-state index contributed by atoms with van der Waals surface area (Å²) in [5, 5.41) is 3.10. The van der Waals surface area contributed by atoms with E-state index >= 15 is 0 Å². The van der Waals surface area contributed by atoms with E-state index in [0.717, 1.165) is 43.6 Å². The molecule has 1 amide bonds. The number of nitrogens with zero attached hydrogens (tertiary/aromatic N) is 1. The zero-order valence-electron chi connectivity index (χ0n) is 9.70. The predicted octanol–water partition coefficient (Wildman–Crippen LogP) is 1.64. The third-order valence-electron chi connectivity index (χ3n) is 3.01. The van der Waals surface area contributed by atoms with Crippen molar-refractivity contribution in [3.63, 3.8) is 0 Å². The standard InChI is InChI=1S/C13H18N2O/c1-14-10-11-6-2-3-7-12(11)13(16)15-8-4-5-9-15/h2-3,6-7,14H,4-5,8-10H2,1H3. The van der Waals surface area contributed by atoms with Gasteiger partial charge < -0.3 is 10.2 Å². The molecule has 1 aromatic carbocycles. The molecule has 1 fully saturated rings. The lowest BCUT2D eigenvalue weighted by Crippen LogP contribution is -2.29. The van der Waals surface area contributed by atoms with Crippen molar-refractivity contribution in [2.75, 3.05) is 20.1 Å². The normalized spacial score (nSPS) is 15.4. The molecule has 3 nitrogen and oxygen atoms in total. The Morgan fingerprint density at radius 2 is 2.00 bits per heavy atom. The number of rotatable bonds is 3. The summed E-state index contributed by atoms with van der Waals surface area (Å²) in [7, 11) is 1.90. The van der Waals surface area contributed by atoms with E-state index in [1.165, 1.54) is 0 Å². The van der Waals surface area contributed by atoms with Crippen LogP contribution in [0.3, 0.4) is 0 Å². The van der Waals surface area contributed by atoms with E-state index in [1.807, 2.05) is 36.2 Å². The van der Waals surface area contributed by atoms with Crippen LogP contribution in [0.15, 0.2) is 24.3 Å². The number of benzene rings is 1. The van der Waals surface area contributed by atoms with Crippen molar-refractivity contribution in [1.82, 2.24) is 10.2 Å². The van der Waals surface area contributed by atoms with Crippen LogP contribution < -0.4 is 5.32 Å². The maximum absolute atomic E-state index is 12.2. The lowest BCUT2D eigenvalue weighted by atomic mass is 10.1. The molecule has 1 aromatic rings. The first-order valence-electron chi connectivity index (χ1n) is 5.84. The Balaban J connectivity index is 2.21. The topological polar surface area (TPSA) is 32.3 Å². The minimum absolute atomic E-state index is 0.184. The minimum Gasteiger partial charge on any atom is -0.339 e. The highest BCUT2D eigenvalue weighted by Crippen LogP contribution is 2.16. The SMILES string of the molecule is CNCc1ccccc1C(=O)N1CCCC1. The van der Waals surface area contributed by atoms with Crippen LogP contribution in [0.5, 0.6) is 0 Å². The lowest BCUT2D eigenvalue weighted by Gasteiger charge is -2.17. The average molecular weight is 218 g/mol. The maximum Gasteiger partial charge on any atom is 0.254 e. The predicted molar refractivity (Wildman–Crippen MR) is 64.3 cm³/mol. The van der Waals surface area contributed by atoms with Crippen LogP contribution >= 0.6 is 0 Å². The molecule has 86 valence electrons. The quantitative estimate of drug-likeness (QED) is 0.836. The number of hydrogen-bond acceptors (Lipinski definition) is 2. The molecule has 0 atom stereocenters. The molecule has 0 aliphatic carbocycles. The zero-order chi connectivity index (χ0) is 11.4. The molecule has 0 aromatic heterocycles. The Hall–Kier alpha value is -1.35. The van der Waals surface area contributed by atoms with Crippen molar-refractivity contribution in [2.24, 2.45) is 0 Å². The van der Waals surface area contributed by atoms with Gasteiger partial charge in [-0.25, -0.2) is 0 Å². The van der Waals surface area contributed by atoms with Gasteiger partial charge in [0.15, 0.2) is 0 Å². The molecular weight excluding hydrogens is 200 g/mol. The number of carbonyl (C=O) groups is 1. The van der Waals surface area contributed by atoms with E-state index in [9.17, 15) is 4.79 Å². The smallest absolute Gasteiger partial charge is 0.254 e. The van der Waals surface area contributed by atoms with E-state index in [2.05, 4.69) is 5.32 Å². The van der Waals surface area contributed by atoms with Gasteiger partial charge >= 0.3 is 0 Å². The maximum atomic E-state index is 12.2. The van der Waals surface area contributed by atoms with Gasteiger partial charge in [-0.1, -0.05) is 18.2 Å². The first-order chi connectivity index (χ1) is 7.83. The molecular formula is C13H18N2O. The average Bonchev–Trinajstić information content (AvgIpc) is 2.83. The van der Waals surface area contributed by atoms with Gasteiger partial charge in [-0.15, -0.1) is 0 Å². The fourth-order valence-electron chi connectivity index (χ4n) is 2.16. The second-order valence-electron chi connectivity index (χ2n) is 4.19. The summed E-state index contributed by atoms with van der Waals surface area (Å²) in [5.41, 5.74) is 1.93. The van der Waals surface area contributed by atoms with Crippen LogP contribution in [0, 0.1) is 0 Å². The number of carbonyl (C=O) groups excluding carboxylic acids is 1. The van der Waals surface area contributed by atoms with Crippen LogP contribution in [-0.4, -0.2) is 30.9 Å². The van der Waals surface area contributed by atoms with Gasteiger partial charge in [0.25, 0.3) is 5.91 Å². The first-order valence-corrected chi connectivity index (χ1v) is 5.84. The van der Waals surface area contributed by atoms with Gasteiger partial charge in [-0.3, -0.25) is 4.79 Å². The van der Waals surface area contributed by atoms with Crippen molar-refractivity contribution >= 4 is 5.91 Å². The van der Waals surface area contributed by atoms with Crippen molar-refractivity contribution in [1.29, 1.82) is 0 Å². The molecule has 16 heavy (non-hydrogen) atoms. The molecule has 2 rings (SSSR count). The van der Waals surface area contributed by atoms with Gasteiger partial charge in [-0.2, -0.15) is 0 Å². The van der Waals surface area contributed by atoms with Gasteiger partial charge in [0, 0.05) is 25.2 Å². The summed E-state index contributed by atoms with van der Waals surface area (Å²) in [6.45, 7) is 2.56. The first kappa shape index (κ1) is 11.1. The van der Waals surface area contributed by atoms with E-state index in [1.54, 1.807) is 0 Å². The van der Waals surface area contributed by atoms with Crippen LogP contribution in [0.1, 0.15) is 28.8 Å². The van der Waals surface area contributed by atoms with Crippen LogP contribution in [-0.2, 0) is 6.54 Å². The molecule has 0 saturated carbocycles. The fraction of sp³-hybridized carbons (Fsp3) is 0.462. The van der Waals surface area contributed by atoms with Gasteiger partial charge in [0.05, 0.1) is 0 Å².